The van der Waals surface area contributed by atoms with E-state index in [2.05, 4.69) is 5.32 Å². The summed E-state index contributed by atoms with van der Waals surface area (Å²) >= 11 is 0. The fraction of sp³-hybridized carbons (Fsp3) is 0.0968. The van der Waals surface area contributed by atoms with Crippen LogP contribution in [0.25, 0.3) is 33.5 Å². The van der Waals surface area contributed by atoms with Crippen LogP contribution in [0.2, 0.25) is 0 Å². The molecule has 0 aliphatic carbocycles. The van der Waals surface area contributed by atoms with Crippen molar-refractivity contribution in [2.75, 3.05) is 25.1 Å². The second-order valence-corrected chi connectivity index (χ2v) is 8.84. The summed E-state index contributed by atoms with van der Waals surface area (Å²) in [6.07, 6.45) is 0. The average molecular weight is 518 g/mol. The zero-order chi connectivity index (χ0) is 26.6. The first-order valence-corrected chi connectivity index (χ1v) is 12.4. The highest BCUT2D eigenvalue weighted by atomic mass is 16.6. The summed E-state index contributed by atoms with van der Waals surface area (Å²) in [6.45, 7) is 0.481. The number of esters is 1. The molecule has 192 valence electrons. The number of nitrogens with zero attached hydrogens (tertiary/aromatic N) is 2. The summed E-state index contributed by atoms with van der Waals surface area (Å²) in [4.78, 5) is 35.0. The molecule has 0 bridgehead atoms. The molecular weight excluding hydrogens is 494 g/mol. The van der Waals surface area contributed by atoms with Gasteiger partial charge in [-0.1, -0.05) is 60.7 Å². The fourth-order valence-electron chi connectivity index (χ4n) is 4.31. The number of amides is 1. The summed E-state index contributed by atoms with van der Waals surface area (Å²) in [6, 6.07) is 29.7. The summed E-state index contributed by atoms with van der Waals surface area (Å²) in [5.74, 6) is 0.0684. The number of anilines is 1. The van der Waals surface area contributed by atoms with Crippen LogP contribution in [0.4, 0.5) is 5.69 Å². The van der Waals surface area contributed by atoms with Gasteiger partial charge in [0.05, 0.1) is 28.0 Å². The Labute approximate surface area is 224 Å². The Kier molecular flexibility index (Phi) is 6.57. The van der Waals surface area contributed by atoms with Crippen LogP contribution < -0.4 is 14.8 Å². The van der Waals surface area contributed by atoms with Crippen LogP contribution in [0.5, 0.6) is 11.5 Å². The summed E-state index contributed by atoms with van der Waals surface area (Å²) in [7, 11) is 0. The molecule has 5 aromatic rings. The molecule has 0 unspecified atom stereocenters. The molecule has 2 heterocycles. The van der Waals surface area contributed by atoms with Crippen molar-refractivity contribution in [2.45, 2.75) is 0 Å². The highest BCUT2D eigenvalue weighted by Crippen LogP contribution is 2.33. The molecule has 6 rings (SSSR count). The molecule has 8 heteroatoms. The molecule has 0 atom stereocenters. The number of ether oxygens (including phenoxy) is 3. The second kappa shape index (κ2) is 10.6. The van der Waals surface area contributed by atoms with Crippen LogP contribution in [0.1, 0.15) is 10.4 Å². The van der Waals surface area contributed by atoms with Crippen LogP contribution in [0, 0.1) is 0 Å². The van der Waals surface area contributed by atoms with Gasteiger partial charge >= 0.3 is 5.97 Å². The van der Waals surface area contributed by atoms with E-state index < -0.39 is 18.5 Å². The third-order valence-electron chi connectivity index (χ3n) is 6.15. The van der Waals surface area contributed by atoms with E-state index >= 15 is 0 Å². The van der Waals surface area contributed by atoms with Crippen molar-refractivity contribution < 1.29 is 23.8 Å². The predicted molar refractivity (Wildman–Crippen MR) is 147 cm³/mol. The SMILES string of the molecule is O=C(COC(=O)c1ccc2nc(-c3ccccc3)c(-c3ccccc3)nc2c1)Nc1ccc2c(c1)OCCO2. The Hall–Kier alpha value is -5.24. The van der Waals surface area contributed by atoms with Gasteiger partial charge in [0.25, 0.3) is 5.91 Å². The Bertz CT molecular complexity index is 1670. The van der Waals surface area contributed by atoms with Crippen LogP contribution in [-0.4, -0.2) is 41.7 Å². The molecule has 0 radical (unpaired) electrons. The number of carbonyl (C=O) groups is 2. The first-order chi connectivity index (χ1) is 19.1. The topological polar surface area (TPSA) is 99.6 Å². The number of carbonyl (C=O) groups excluding carboxylic acids is 2. The Morgan fingerprint density at radius 3 is 2.05 bits per heavy atom. The van der Waals surface area contributed by atoms with Crippen LogP contribution in [0.15, 0.2) is 97.1 Å². The lowest BCUT2D eigenvalue weighted by atomic mass is 10.0. The quantitative estimate of drug-likeness (QED) is 0.296. The van der Waals surface area contributed by atoms with Gasteiger partial charge in [-0.25, -0.2) is 14.8 Å². The molecule has 0 fully saturated rings. The van der Waals surface area contributed by atoms with Crippen molar-refractivity contribution >= 4 is 28.6 Å². The maximum Gasteiger partial charge on any atom is 0.338 e. The molecule has 0 saturated carbocycles. The maximum absolute atomic E-state index is 12.8. The molecule has 1 amide bonds. The molecule has 4 aromatic carbocycles. The van der Waals surface area contributed by atoms with Crippen molar-refractivity contribution in [3.05, 3.63) is 103 Å². The number of hydrogen-bond donors (Lipinski definition) is 1. The third kappa shape index (κ3) is 5.26. The molecule has 1 aromatic heterocycles. The first-order valence-electron chi connectivity index (χ1n) is 12.4. The smallest absolute Gasteiger partial charge is 0.338 e. The molecule has 1 aliphatic heterocycles. The van der Waals surface area contributed by atoms with Gasteiger partial charge in [0, 0.05) is 22.9 Å². The van der Waals surface area contributed by atoms with Crippen molar-refractivity contribution in [2.24, 2.45) is 0 Å². The van der Waals surface area contributed by atoms with E-state index in [0.717, 1.165) is 16.8 Å². The van der Waals surface area contributed by atoms with Gasteiger partial charge in [0.1, 0.15) is 13.2 Å². The second-order valence-electron chi connectivity index (χ2n) is 8.84. The lowest BCUT2D eigenvalue weighted by Crippen LogP contribution is -2.21. The van der Waals surface area contributed by atoms with Gasteiger partial charge in [0.2, 0.25) is 0 Å². The van der Waals surface area contributed by atoms with Gasteiger partial charge in [-0.2, -0.15) is 0 Å². The number of nitrogens with one attached hydrogen (secondary N) is 1. The molecule has 1 aliphatic rings. The first kappa shape index (κ1) is 24.1. The van der Waals surface area contributed by atoms with E-state index in [1.165, 1.54) is 0 Å². The highest BCUT2D eigenvalue weighted by molar-refractivity contribution is 5.98. The number of aromatic nitrogens is 2. The summed E-state index contributed by atoms with van der Waals surface area (Å²) in [5.41, 5.74) is 5.29. The minimum atomic E-state index is -0.635. The van der Waals surface area contributed by atoms with Gasteiger partial charge in [-0.05, 0) is 30.3 Å². The number of rotatable bonds is 6. The third-order valence-corrected chi connectivity index (χ3v) is 6.15. The number of fused-ring (bicyclic) bond motifs is 2. The van der Waals surface area contributed by atoms with E-state index in [0.29, 0.717) is 47.1 Å². The summed E-state index contributed by atoms with van der Waals surface area (Å²) in [5, 5.41) is 2.70. The van der Waals surface area contributed by atoms with Gasteiger partial charge in [-0.3, -0.25) is 4.79 Å². The monoisotopic (exact) mass is 517 g/mol. The van der Waals surface area contributed by atoms with Gasteiger partial charge in [0.15, 0.2) is 18.1 Å². The van der Waals surface area contributed by atoms with E-state index in [-0.39, 0.29) is 5.56 Å². The van der Waals surface area contributed by atoms with E-state index in [9.17, 15) is 9.59 Å². The van der Waals surface area contributed by atoms with Crippen molar-refractivity contribution in [3.63, 3.8) is 0 Å². The zero-order valence-corrected chi connectivity index (χ0v) is 20.8. The Morgan fingerprint density at radius 1 is 0.718 bits per heavy atom. The lowest BCUT2D eigenvalue weighted by molar-refractivity contribution is -0.119. The standard InChI is InChI=1S/C31H23N3O5/c35-28(32-23-12-14-26-27(18-23)38-16-15-37-26)19-39-31(36)22-11-13-24-25(17-22)34-30(21-9-5-2-6-10-21)29(33-24)20-7-3-1-4-8-20/h1-14,17-18H,15-16,19H2,(H,32,35). The highest BCUT2D eigenvalue weighted by Gasteiger charge is 2.17. The molecule has 0 saturated heterocycles. The molecule has 39 heavy (non-hydrogen) atoms. The van der Waals surface area contributed by atoms with Crippen LogP contribution in [0.3, 0.4) is 0 Å². The largest absolute Gasteiger partial charge is 0.486 e. The van der Waals surface area contributed by atoms with E-state index in [1.54, 1.807) is 36.4 Å². The van der Waals surface area contributed by atoms with Gasteiger partial charge < -0.3 is 19.5 Å². The average Bonchev–Trinajstić information content (AvgIpc) is 2.99. The van der Waals surface area contributed by atoms with E-state index in [1.807, 2.05) is 60.7 Å². The lowest BCUT2D eigenvalue weighted by Gasteiger charge is -2.19. The Balaban J connectivity index is 1.21. The molecule has 0 spiro atoms. The van der Waals surface area contributed by atoms with Crippen molar-refractivity contribution in [1.82, 2.24) is 9.97 Å². The molecule has 1 N–H and O–H groups in total. The number of benzene rings is 4. The predicted octanol–water partition coefficient (Wildman–Crippen LogP) is 5.53. The Morgan fingerprint density at radius 2 is 1.36 bits per heavy atom. The van der Waals surface area contributed by atoms with Crippen LogP contribution >= 0.6 is 0 Å². The number of hydrogen-bond acceptors (Lipinski definition) is 7. The minimum Gasteiger partial charge on any atom is -0.486 e. The molecule has 8 nitrogen and oxygen atoms in total. The van der Waals surface area contributed by atoms with Crippen LogP contribution in [-0.2, 0) is 9.53 Å². The maximum atomic E-state index is 12.8. The van der Waals surface area contributed by atoms with Crippen molar-refractivity contribution in [1.29, 1.82) is 0 Å². The van der Waals surface area contributed by atoms with E-state index in [4.69, 9.17) is 24.2 Å². The molecular formula is C31H23N3O5. The van der Waals surface area contributed by atoms with Crippen molar-refractivity contribution in [3.8, 4) is 34.0 Å². The fourth-order valence-corrected chi connectivity index (χ4v) is 4.31. The minimum absolute atomic E-state index is 0.274. The zero-order valence-electron chi connectivity index (χ0n) is 20.8. The normalized spacial score (nSPS) is 12.1. The van der Waals surface area contributed by atoms with Gasteiger partial charge in [-0.15, -0.1) is 0 Å². The summed E-state index contributed by atoms with van der Waals surface area (Å²) < 4.78 is 16.3.